The van der Waals surface area contributed by atoms with Crippen molar-refractivity contribution in [2.45, 2.75) is 39.4 Å². The van der Waals surface area contributed by atoms with Crippen molar-refractivity contribution in [2.75, 3.05) is 25.9 Å². The van der Waals surface area contributed by atoms with Crippen molar-refractivity contribution in [1.82, 2.24) is 15.2 Å². The van der Waals surface area contributed by atoms with Crippen LogP contribution in [0.5, 0.6) is 0 Å². The molecule has 2 aliphatic rings. The number of benzene rings is 1. The Morgan fingerprint density at radius 1 is 1.36 bits per heavy atom. The van der Waals surface area contributed by atoms with Crippen LogP contribution in [-0.2, 0) is 4.79 Å². The summed E-state index contributed by atoms with van der Waals surface area (Å²) in [6, 6.07) is 7.69. The van der Waals surface area contributed by atoms with Crippen LogP contribution in [0.2, 0.25) is 0 Å². The lowest BCUT2D eigenvalue weighted by Crippen LogP contribution is -2.41. The summed E-state index contributed by atoms with van der Waals surface area (Å²) in [5, 5.41) is 6.93. The smallest absolute Gasteiger partial charge is 0.255 e. The quantitative estimate of drug-likeness (QED) is 0.668. The summed E-state index contributed by atoms with van der Waals surface area (Å²) < 4.78 is 16.8. The molecule has 1 saturated heterocycles. The maximum Gasteiger partial charge on any atom is 0.255 e. The standard InChI is InChI=1S/C25H31FN4O2S/c1-14-11-22(33-4)19(24(31)29-14)12-28-25(32)23-16(3)30(21-8-6-5-7-18(21)23)15(2)17-9-10-27-13-20(17)26/h5-8,11,15,17,19-20,27H,9-10,12-13H2,1-4H3,(H,28,32)/t15-,17?,19?,20-/m1/s1. The number of amides is 2. The Balaban J connectivity index is 1.63. The maximum absolute atomic E-state index is 14.7. The summed E-state index contributed by atoms with van der Waals surface area (Å²) in [4.78, 5) is 30.8. The van der Waals surface area contributed by atoms with E-state index >= 15 is 0 Å². The number of dihydropyridines is 1. The number of nitrogens with zero attached hydrogens (tertiary/aromatic N) is 2. The Morgan fingerprint density at radius 3 is 2.85 bits per heavy atom. The number of aromatic nitrogens is 1. The van der Waals surface area contributed by atoms with Crippen LogP contribution in [-0.4, -0.2) is 54.2 Å². The van der Waals surface area contributed by atoms with Crippen LogP contribution in [0.15, 0.2) is 40.2 Å². The Hall–Kier alpha value is -2.45. The average molecular weight is 471 g/mol. The molecule has 1 aromatic carbocycles. The van der Waals surface area contributed by atoms with Crippen molar-refractivity contribution in [2.24, 2.45) is 16.8 Å². The van der Waals surface area contributed by atoms with E-state index in [1.807, 2.05) is 50.4 Å². The van der Waals surface area contributed by atoms with Crippen LogP contribution in [0, 0.1) is 18.8 Å². The van der Waals surface area contributed by atoms with E-state index in [0.717, 1.165) is 34.5 Å². The molecule has 3 heterocycles. The van der Waals surface area contributed by atoms with Gasteiger partial charge in [0.2, 0.25) is 0 Å². The number of para-hydroxylation sites is 1. The lowest BCUT2D eigenvalue weighted by atomic mass is 9.89. The molecule has 0 radical (unpaired) electrons. The molecule has 2 aliphatic heterocycles. The molecule has 4 rings (SSSR count). The third-order valence-corrected chi connectivity index (χ3v) is 7.72. The van der Waals surface area contributed by atoms with Gasteiger partial charge in [-0.15, -0.1) is 11.8 Å². The predicted molar refractivity (Wildman–Crippen MR) is 133 cm³/mol. The Bertz CT molecular complexity index is 1140. The Labute approximate surface area is 198 Å². The first kappa shape index (κ1) is 23.7. The summed E-state index contributed by atoms with van der Waals surface area (Å²) >= 11 is 1.50. The van der Waals surface area contributed by atoms with Gasteiger partial charge in [0.05, 0.1) is 11.5 Å². The minimum Gasteiger partial charge on any atom is -0.351 e. The molecular weight excluding hydrogens is 439 g/mol. The van der Waals surface area contributed by atoms with E-state index in [9.17, 15) is 14.0 Å². The fourth-order valence-corrected chi connectivity index (χ4v) is 5.92. The first-order chi connectivity index (χ1) is 15.8. The molecule has 1 fully saturated rings. The lowest BCUT2D eigenvalue weighted by Gasteiger charge is -2.33. The number of allylic oxidation sites excluding steroid dienone is 1. The molecule has 6 nitrogen and oxygen atoms in total. The lowest BCUT2D eigenvalue weighted by molar-refractivity contribution is -0.120. The van der Waals surface area contributed by atoms with Gasteiger partial charge in [0.25, 0.3) is 11.8 Å². The van der Waals surface area contributed by atoms with Gasteiger partial charge in [-0.2, -0.15) is 0 Å². The Morgan fingerprint density at radius 2 is 2.12 bits per heavy atom. The number of rotatable bonds is 6. The highest BCUT2D eigenvalue weighted by molar-refractivity contribution is 8.02. The summed E-state index contributed by atoms with van der Waals surface area (Å²) in [6.07, 6.45) is 3.65. The molecule has 2 unspecified atom stereocenters. The highest BCUT2D eigenvalue weighted by atomic mass is 32.2. The fourth-order valence-electron chi connectivity index (χ4n) is 5.16. The molecule has 2 aromatic rings. The van der Waals surface area contributed by atoms with Gasteiger partial charge in [-0.05, 0) is 52.1 Å². The monoisotopic (exact) mass is 470 g/mol. The molecule has 2 amide bonds. The zero-order valence-corrected chi connectivity index (χ0v) is 20.3. The second-order valence-corrected chi connectivity index (χ2v) is 9.75. The second kappa shape index (κ2) is 9.81. The number of alkyl halides is 1. The summed E-state index contributed by atoms with van der Waals surface area (Å²) in [5.41, 5.74) is 3.01. The van der Waals surface area contributed by atoms with E-state index in [2.05, 4.69) is 20.2 Å². The van der Waals surface area contributed by atoms with E-state index in [4.69, 9.17) is 0 Å². The van der Waals surface area contributed by atoms with Crippen LogP contribution >= 0.6 is 11.8 Å². The number of thioether (sulfide) groups is 1. The number of carbonyl (C=O) groups is 2. The minimum atomic E-state index is -0.926. The van der Waals surface area contributed by atoms with Gasteiger partial charge in [-0.25, -0.2) is 9.38 Å². The number of fused-ring (bicyclic) bond motifs is 1. The van der Waals surface area contributed by atoms with Gasteiger partial charge >= 0.3 is 0 Å². The van der Waals surface area contributed by atoms with E-state index in [-0.39, 0.29) is 30.3 Å². The van der Waals surface area contributed by atoms with Gasteiger partial charge < -0.3 is 15.2 Å². The van der Waals surface area contributed by atoms with E-state index in [1.54, 1.807) is 6.92 Å². The molecule has 176 valence electrons. The number of hydrogen-bond donors (Lipinski definition) is 2. The van der Waals surface area contributed by atoms with Gasteiger partial charge in [-0.3, -0.25) is 9.59 Å². The summed E-state index contributed by atoms with van der Waals surface area (Å²) in [6.45, 7) is 7.11. The number of piperidine rings is 1. The molecule has 0 saturated carbocycles. The van der Waals surface area contributed by atoms with Crippen LogP contribution in [0.3, 0.4) is 0 Å². The maximum atomic E-state index is 14.7. The number of halogens is 1. The highest BCUT2D eigenvalue weighted by Gasteiger charge is 2.33. The van der Waals surface area contributed by atoms with Crippen molar-refractivity contribution >= 4 is 40.2 Å². The first-order valence-corrected chi connectivity index (χ1v) is 12.6. The molecule has 4 atom stereocenters. The van der Waals surface area contributed by atoms with Gasteiger partial charge in [0.1, 0.15) is 6.17 Å². The van der Waals surface area contributed by atoms with E-state index in [0.29, 0.717) is 17.8 Å². The largest absolute Gasteiger partial charge is 0.351 e. The van der Waals surface area contributed by atoms with E-state index in [1.165, 1.54) is 11.8 Å². The third-order valence-electron chi connectivity index (χ3n) is 6.85. The number of nitrogens with one attached hydrogen (secondary N) is 2. The molecule has 2 N–H and O–H groups in total. The zero-order valence-electron chi connectivity index (χ0n) is 19.5. The van der Waals surface area contributed by atoms with Gasteiger partial charge in [-0.1, -0.05) is 18.2 Å². The normalized spacial score (nSPS) is 24.4. The van der Waals surface area contributed by atoms with E-state index < -0.39 is 12.1 Å². The van der Waals surface area contributed by atoms with Crippen LogP contribution in [0.4, 0.5) is 4.39 Å². The minimum absolute atomic E-state index is 0.0863. The average Bonchev–Trinajstić information content (AvgIpc) is 3.09. The zero-order chi connectivity index (χ0) is 23.7. The van der Waals surface area contributed by atoms with Crippen molar-refractivity contribution < 1.29 is 14.0 Å². The van der Waals surface area contributed by atoms with Crippen LogP contribution in [0.1, 0.15) is 42.4 Å². The van der Waals surface area contributed by atoms with Crippen molar-refractivity contribution in [1.29, 1.82) is 0 Å². The summed E-state index contributed by atoms with van der Waals surface area (Å²) in [5.74, 6) is -1.04. The van der Waals surface area contributed by atoms with Crippen molar-refractivity contribution in [3.8, 4) is 0 Å². The number of carbonyl (C=O) groups excluding carboxylic acids is 2. The molecule has 33 heavy (non-hydrogen) atoms. The molecule has 0 bridgehead atoms. The number of hydrogen-bond acceptors (Lipinski definition) is 4. The van der Waals surface area contributed by atoms with Crippen molar-refractivity contribution in [3.63, 3.8) is 0 Å². The van der Waals surface area contributed by atoms with Crippen LogP contribution < -0.4 is 10.6 Å². The summed E-state index contributed by atoms with van der Waals surface area (Å²) in [7, 11) is 0. The molecule has 0 aliphatic carbocycles. The van der Waals surface area contributed by atoms with Gasteiger partial charge in [0, 0.05) is 52.3 Å². The van der Waals surface area contributed by atoms with Crippen LogP contribution in [0.25, 0.3) is 10.9 Å². The second-order valence-electron chi connectivity index (χ2n) is 8.87. The molecule has 1 aromatic heterocycles. The van der Waals surface area contributed by atoms with Crippen molar-refractivity contribution in [3.05, 3.63) is 46.5 Å². The van der Waals surface area contributed by atoms with Gasteiger partial charge in [0.15, 0.2) is 0 Å². The number of aliphatic imine (C=N–C) groups is 1. The first-order valence-electron chi connectivity index (χ1n) is 11.4. The predicted octanol–water partition coefficient (Wildman–Crippen LogP) is 4.05. The fraction of sp³-hybridized carbons (Fsp3) is 0.480. The molecule has 8 heteroatoms. The highest BCUT2D eigenvalue weighted by Crippen LogP contribution is 2.36. The molecule has 0 spiro atoms. The topological polar surface area (TPSA) is 75.5 Å². The molecular formula is C25H31FN4O2S. The third kappa shape index (κ3) is 4.51. The Kier molecular flexibility index (Phi) is 7.05. The SMILES string of the molecule is CSC1=CC(C)=NC(=O)C1CNC(=O)c1c(C)n([C@H](C)C2CCNC[C@H]2F)c2ccccc12.